The Labute approximate surface area is 101 Å². The lowest BCUT2D eigenvalue weighted by Crippen LogP contribution is -2.27. The standard InChI is InChI=1S/C13H18FNO2/c1-16-10-6-3-7-11(17-2)12(10)13(14)9-5-4-8-15-9/h3,6-7,9,13,15H,4-5,8H2,1-2H3. The van der Waals surface area contributed by atoms with Gasteiger partial charge in [0.05, 0.1) is 19.8 Å². The lowest BCUT2D eigenvalue weighted by Gasteiger charge is -2.21. The first-order valence-electron chi connectivity index (χ1n) is 5.86. The fourth-order valence-corrected chi connectivity index (χ4v) is 2.31. The van der Waals surface area contributed by atoms with Gasteiger partial charge in [-0.2, -0.15) is 0 Å². The molecule has 1 fully saturated rings. The Hall–Kier alpha value is -1.29. The van der Waals surface area contributed by atoms with Crippen LogP contribution in [0, 0.1) is 0 Å². The summed E-state index contributed by atoms with van der Waals surface area (Å²) in [6, 6.07) is 5.19. The lowest BCUT2D eigenvalue weighted by molar-refractivity contribution is 0.252. The van der Waals surface area contributed by atoms with E-state index in [1.807, 2.05) is 0 Å². The number of methoxy groups -OCH3 is 2. The van der Waals surface area contributed by atoms with Gasteiger partial charge in [0.2, 0.25) is 0 Å². The maximum Gasteiger partial charge on any atom is 0.147 e. The highest BCUT2D eigenvalue weighted by Gasteiger charge is 2.30. The SMILES string of the molecule is COc1cccc(OC)c1C(F)C1CCCN1. The van der Waals surface area contributed by atoms with E-state index in [4.69, 9.17) is 9.47 Å². The maximum atomic E-state index is 14.5. The molecular weight excluding hydrogens is 221 g/mol. The number of hydrogen-bond donors (Lipinski definition) is 1. The summed E-state index contributed by atoms with van der Waals surface area (Å²) < 4.78 is 25.0. The molecule has 2 rings (SSSR count). The Bertz CT molecular complexity index is 355. The van der Waals surface area contributed by atoms with E-state index >= 15 is 0 Å². The van der Waals surface area contributed by atoms with Crippen molar-refractivity contribution in [2.45, 2.75) is 25.1 Å². The molecule has 0 saturated carbocycles. The molecule has 2 atom stereocenters. The van der Waals surface area contributed by atoms with Gasteiger partial charge in [0.1, 0.15) is 17.7 Å². The first kappa shape index (κ1) is 12.2. The van der Waals surface area contributed by atoms with Crippen LogP contribution in [0.15, 0.2) is 18.2 Å². The second-order valence-corrected chi connectivity index (χ2v) is 4.18. The molecule has 0 bridgehead atoms. The van der Waals surface area contributed by atoms with Crippen LogP contribution in [0.25, 0.3) is 0 Å². The molecule has 1 aromatic rings. The molecule has 0 aliphatic carbocycles. The van der Waals surface area contributed by atoms with Crippen LogP contribution >= 0.6 is 0 Å². The van der Waals surface area contributed by atoms with E-state index < -0.39 is 6.17 Å². The summed E-state index contributed by atoms with van der Waals surface area (Å²) in [5, 5.41) is 3.17. The predicted molar refractivity (Wildman–Crippen MR) is 64.4 cm³/mol. The Balaban J connectivity index is 2.33. The van der Waals surface area contributed by atoms with Crippen LogP contribution in [0.1, 0.15) is 24.6 Å². The summed E-state index contributed by atoms with van der Waals surface area (Å²) in [6.07, 6.45) is 0.772. The molecule has 94 valence electrons. The van der Waals surface area contributed by atoms with Gasteiger partial charge < -0.3 is 14.8 Å². The summed E-state index contributed by atoms with van der Waals surface area (Å²) in [7, 11) is 3.10. The van der Waals surface area contributed by atoms with Crippen LogP contribution in [-0.2, 0) is 0 Å². The highest BCUT2D eigenvalue weighted by molar-refractivity contribution is 5.47. The van der Waals surface area contributed by atoms with Gasteiger partial charge in [-0.15, -0.1) is 0 Å². The zero-order chi connectivity index (χ0) is 12.3. The van der Waals surface area contributed by atoms with Crippen LogP contribution in [0.4, 0.5) is 4.39 Å². The number of halogens is 1. The van der Waals surface area contributed by atoms with Gasteiger partial charge in [0, 0.05) is 6.04 Å². The molecule has 17 heavy (non-hydrogen) atoms. The van der Waals surface area contributed by atoms with Gasteiger partial charge in [0.15, 0.2) is 0 Å². The van der Waals surface area contributed by atoms with E-state index in [0.717, 1.165) is 19.4 Å². The Morgan fingerprint density at radius 3 is 2.41 bits per heavy atom. The van der Waals surface area contributed by atoms with Crippen LogP contribution < -0.4 is 14.8 Å². The second-order valence-electron chi connectivity index (χ2n) is 4.18. The van der Waals surface area contributed by atoms with Crippen LogP contribution in [0.5, 0.6) is 11.5 Å². The minimum atomic E-state index is -1.09. The number of alkyl halides is 1. The third-order valence-electron chi connectivity index (χ3n) is 3.19. The molecule has 4 heteroatoms. The molecule has 1 saturated heterocycles. The molecule has 0 aromatic heterocycles. The van der Waals surface area contributed by atoms with Crippen molar-refractivity contribution < 1.29 is 13.9 Å². The van der Waals surface area contributed by atoms with Crippen molar-refractivity contribution in [1.29, 1.82) is 0 Å². The van der Waals surface area contributed by atoms with E-state index in [9.17, 15) is 4.39 Å². The fourth-order valence-electron chi connectivity index (χ4n) is 2.31. The van der Waals surface area contributed by atoms with Crippen molar-refractivity contribution in [3.63, 3.8) is 0 Å². The molecule has 1 aliphatic rings. The summed E-state index contributed by atoms with van der Waals surface area (Å²) >= 11 is 0. The van der Waals surface area contributed by atoms with Gasteiger partial charge in [0.25, 0.3) is 0 Å². The number of hydrogen-bond acceptors (Lipinski definition) is 3. The highest BCUT2D eigenvalue weighted by Crippen LogP contribution is 2.39. The van der Waals surface area contributed by atoms with E-state index in [0.29, 0.717) is 17.1 Å². The van der Waals surface area contributed by atoms with Crippen molar-refractivity contribution >= 4 is 0 Å². The van der Waals surface area contributed by atoms with Gasteiger partial charge in [-0.3, -0.25) is 0 Å². The van der Waals surface area contributed by atoms with Crippen LogP contribution in [0.2, 0.25) is 0 Å². The smallest absolute Gasteiger partial charge is 0.147 e. The molecule has 1 heterocycles. The molecule has 1 N–H and O–H groups in total. The summed E-state index contributed by atoms with van der Waals surface area (Å²) in [4.78, 5) is 0. The summed E-state index contributed by atoms with van der Waals surface area (Å²) in [5.74, 6) is 1.09. The lowest BCUT2D eigenvalue weighted by atomic mass is 10.0. The van der Waals surface area contributed by atoms with Gasteiger partial charge in [-0.1, -0.05) is 6.07 Å². The molecule has 1 aromatic carbocycles. The van der Waals surface area contributed by atoms with Crippen LogP contribution in [0.3, 0.4) is 0 Å². The molecule has 1 aliphatic heterocycles. The Morgan fingerprint density at radius 2 is 1.94 bits per heavy atom. The van der Waals surface area contributed by atoms with Gasteiger partial charge in [-0.05, 0) is 31.5 Å². The number of rotatable bonds is 4. The first-order valence-corrected chi connectivity index (χ1v) is 5.86. The molecule has 0 amide bonds. The van der Waals surface area contributed by atoms with E-state index in [1.165, 1.54) is 0 Å². The molecule has 2 unspecified atom stereocenters. The first-order chi connectivity index (χ1) is 8.27. The number of ether oxygens (including phenoxy) is 2. The van der Waals surface area contributed by atoms with E-state index in [-0.39, 0.29) is 6.04 Å². The fraction of sp³-hybridized carbons (Fsp3) is 0.538. The summed E-state index contributed by atoms with van der Waals surface area (Å²) in [6.45, 7) is 0.878. The third-order valence-corrected chi connectivity index (χ3v) is 3.19. The Morgan fingerprint density at radius 1 is 1.29 bits per heavy atom. The number of benzene rings is 1. The monoisotopic (exact) mass is 239 g/mol. The zero-order valence-electron chi connectivity index (χ0n) is 10.2. The maximum absolute atomic E-state index is 14.5. The molecule has 0 spiro atoms. The van der Waals surface area contributed by atoms with Crippen molar-refractivity contribution in [3.05, 3.63) is 23.8 Å². The molecule has 3 nitrogen and oxygen atoms in total. The van der Waals surface area contributed by atoms with Crippen molar-refractivity contribution in [3.8, 4) is 11.5 Å². The van der Waals surface area contributed by atoms with Crippen LogP contribution in [-0.4, -0.2) is 26.8 Å². The van der Waals surface area contributed by atoms with Crippen molar-refractivity contribution in [2.24, 2.45) is 0 Å². The van der Waals surface area contributed by atoms with E-state index in [2.05, 4.69) is 5.32 Å². The topological polar surface area (TPSA) is 30.5 Å². The molecule has 0 radical (unpaired) electrons. The summed E-state index contributed by atoms with van der Waals surface area (Å²) in [5.41, 5.74) is 0.511. The average molecular weight is 239 g/mol. The quantitative estimate of drug-likeness (QED) is 0.875. The minimum Gasteiger partial charge on any atom is -0.496 e. The second kappa shape index (κ2) is 5.36. The van der Waals surface area contributed by atoms with Gasteiger partial charge in [-0.25, -0.2) is 4.39 Å². The van der Waals surface area contributed by atoms with Crippen molar-refractivity contribution in [1.82, 2.24) is 5.32 Å². The van der Waals surface area contributed by atoms with Gasteiger partial charge >= 0.3 is 0 Å². The largest absolute Gasteiger partial charge is 0.496 e. The average Bonchev–Trinajstić information content (AvgIpc) is 2.90. The predicted octanol–water partition coefficient (Wildman–Crippen LogP) is 2.47. The normalized spacial score (nSPS) is 21.2. The minimum absolute atomic E-state index is 0.139. The Kier molecular flexibility index (Phi) is 3.84. The number of nitrogens with one attached hydrogen (secondary N) is 1. The molecular formula is C13H18FNO2. The third kappa shape index (κ3) is 2.36. The van der Waals surface area contributed by atoms with E-state index in [1.54, 1.807) is 32.4 Å². The van der Waals surface area contributed by atoms with Crippen molar-refractivity contribution in [2.75, 3.05) is 20.8 Å². The highest BCUT2D eigenvalue weighted by atomic mass is 19.1. The zero-order valence-corrected chi connectivity index (χ0v) is 10.2.